The number of nitrogens with one attached hydrogen (secondary N) is 1. The third-order valence-electron chi connectivity index (χ3n) is 9.18. The van der Waals surface area contributed by atoms with Gasteiger partial charge in [0.2, 0.25) is 5.91 Å². The van der Waals surface area contributed by atoms with Crippen LogP contribution in [0.4, 0.5) is 0 Å². The van der Waals surface area contributed by atoms with Gasteiger partial charge in [-0.05, 0) is 15.4 Å². The Morgan fingerprint density at radius 3 is 1.64 bits per heavy atom. The molecule has 3 N–H and O–H groups in total. The van der Waals surface area contributed by atoms with Crippen molar-refractivity contribution in [2.75, 3.05) is 13.2 Å². The lowest BCUT2D eigenvalue weighted by atomic mass is 9.95. The van der Waals surface area contributed by atoms with E-state index in [9.17, 15) is 34.2 Å². The largest absolute Gasteiger partial charge is 0.463 e. The minimum Gasteiger partial charge on any atom is -0.463 e. The summed E-state index contributed by atoms with van der Waals surface area (Å²) < 4.78 is 47.5. The highest BCUT2D eigenvalue weighted by molar-refractivity contribution is 6.99. The van der Waals surface area contributed by atoms with Crippen molar-refractivity contribution in [3.8, 4) is 0 Å². The quantitative estimate of drug-likeness (QED) is 0.144. The minimum absolute atomic E-state index is 0.274. The molecule has 302 valence electrons. The maximum atomic E-state index is 12.5. The van der Waals surface area contributed by atoms with Crippen LogP contribution in [0.25, 0.3) is 0 Å². The molecule has 4 rings (SSSR count). The van der Waals surface area contributed by atoms with Crippen molar-refractivity contribution in [1.29, 1.82) is 0 Å². The summed E-state index contributed by atoms with van der Waals surface area (Å²) in [6.07, 6.45) is -13.9. The number of benzene rings is 2. The van der Waals surface area contributed by atoms with Gasteiger partial charge in [0.05, 0.1) is 6.61 Å². The average Bonchev–Trinajstić information content (AvgIpc) is 3.09. The highest BCUT2D eigenvalue weighted by Gasteiger charge is 2.57. The van der Waals surface area contributed by atoms with Crippen molar-refractivity contribution in [3.63, 3.8) is 0 Å². The topological polar surface area (TPSA) is 212 Å². The molecule has 2 saturated heterocycles. The van der Waals surface area contributed by atoms with Crippen molar-refractivity contribution < 1.29 is 71.8 Å². The first kappa shape index (κ1) is 43.5. The Kier molecular flexibility index (Phi) is 14.7. The Balaban J connectivity index is 1.82. The number of ether oxygens (including phenoxy) is 7. The monoisotopic (exact) mass is 789 g/mol. The normalized spacial score (nSPS) is 28.3. The molecular formula is C38H51NO15Si. The molecule has 1 amide bonds. The van der Waals surface area contributed by atoms with Crippen molar-refractivity contribution in [1.82, 2.24) is 5.32 Å². The Hall–Kier alpha value is -4.23. The number of hydrogen-bond donors (Lipinski definition) is 3. The molecule has 2 heterocycles. The van der Waals surface area contributed by atoms with Crippen LogP contribution in [-0.2, 0) is 61.6 Å². The molecule has 2 aliphatic rings. The average molecular weight is 790 g/mol. The maximum absolute atomic E-state index is 12.5. The van der Waals surface area contributed by atoms with Gasteiger partial charge in [0.1, 0.15) is 37.1 Å². The van der Waals surface area contributed by atoms with Crippen LogP contribution in [-0.4, -0.2) is 123 Å². The molecule has 2 fully saturated rings. The number of hydrogen-bond acceptors (Lipinski definition) is 15. The number of esters is 4. The summed E-state index contributed by atoms with van der Waals surface area (Å²) in [5.74, 6) is -3.84. The summed E-state index contributed by atoms with van der Waals surface area (Å²) in [5, 5.41) is 26.9. The van der Waals surface area contributed by atoms with Crippen LogP contribution in [0, 0.1) is 0 Å². The van der Waals surface area contributed by atoms with Crippen LogP contribution >= 0.6 is 0 Å². The third kappa shape index (κ3) is 10.5. The van der Waals surface area contributed by atoms with Gasteiger partial charge in [-0.15, -0.1) is 0 Å². The first-order chi connectivity index (χ1) is 25.8. The van der Waals surface area contributed by atoms with Gasteiger partial charge in [0.25, 0.3) is 8.32 Å². The van der Waals surface area contributed by atoms with E-state index in [1.807, 2.05) is 60.7 Å². The van der Waals surface area contributed by atoms with Gasteiger partial charge in [-0.25, -0.2) is 0 Å². The van der Waals surface area contributed by atoms with Crippen molar-refractivity contribution >= 4 is 48.5 Å². The number of carbonyl (C=O) groups is 5. The van der Waals surface area contributed by atoms with Crippen LogP contribution in [0.1, 0.15) is 55.4 Å². The molecule has 0 spiro atoms. The fraction of sp³-hybridized carbons (Fsp3) is 0.553. The summed E-state index contributed by atoms with van der Waals surface area (Å²) >= 11 is 0. The van der Waals surface area contributed by atoms with Gasteiger partial charge in [-0.1, -0.05) is 81.4 Å². The number of amides is 1. The van der Waals surface area contributed by atoms with Crippen LogP contribution < -0.4 is 15.7 Å². The van der Waals surface area contributed by atoms with E-state index in [0.29, 0.717) is 0 Å². The standard InChI is InChI=1S/C38H51NO15Si/c1-21(40)39-30-31(45)32(54-37-35(51-25(5)44)34(50-24(4)43)33(49-23(3)42)28(53-37)19-47-22(2)41)29(52-36(30)46)20-48-55(38(6,7)8,26-15-11-9-12-16-26)27-17-13-10-14-18-27/h9-18,28-37,45-46H,19-20H2,1-8H3,(H,39,40)/t28-,29-,30-,31-,32-,33+,34+,35-,36-,37+/m1/s1. The van der Waals surface area contributed by atoms with Crippen LogP contribution in [0.15, 0.2) is 60.7 Å². The van der Waals surface area contributed by atoms with Crippen molar-refractivity contribution in [2.45, 2.75) is 122 Å². The van der Waals surface area contributed by atoms with Crippen molar-refractivity contribution in [3.05, 3.63) is 60.7 Å². The lowest BCUT2D eigenvalue weighted by molar-refractivity contribution is -0.346. The van der Waals surface area contributed by atoms with E-state index < -0.39 is 111 Å². The second-order valence-corrected chi connectivity index (χ2v) is 18.7. The first-order valence-corrected chi connectivity index (χ1v) is 19.8. The predicted molar refractivity (Wildman–Crippen MR) is 195 cm³/mol. The zero-order chi connectivity index (χ0) is 40.7. The zero-order valence-corrected chi connectivity index (χ0v) is 33.2. The van der Waals surface area contributed by atoms with Crippen LogP contribution in [0.5, 0.6) is 0 Å². The van der Waals surface area contributed by atoms with Gasteiger partial charge >= 0.3 is 23.9 Å². The Bertz CT molecular complexity index is 1600. The molecule has 0 saturated carbocycles. The number of aliphatic hydroxyl groups excluding tert-OH is 2. The molecule has 10 atom stereocenters. The highest BCUT2D eigenvalue weighted by atomic mass is 28.4. The van der Waals surface area contributed by atoms with Crippen LogP contribution in [0.3, 0.4) is 0 Å². The fourth-order valence-electron chi connectivity index (χ4n) is 7.05. The molecular weight excluding hydrogens is 738 g/mol. The van der Waals surface area contributed by atoms with E-state index in [1.165, 1.54) is 6.92 Å². The van der Waals surface area contributed by atoms with E-state index in [0.717, 1.165) is 38.1 Å². The summed E-state index contributed by atoms with van der Waals surface area (Å²) in [4.78, 5) is 61.2. The molecule has 17 heteroatoms. The van der Waals surface area contributed by atoms with Gasteiger partial charge < -0.3 is 53.1 Å². The van der Waals surface area contributed by atoms with E-state index in [-0.39, 0.29) is 6.61 Å². The third-order valence-corrected chi connectivity index (χ3v) is 14.2. The van der Waals surface area contributed by atoms with Crippen molar-refractivity contribution in [2.24, 2.45) is 0 Å². The van der Waals surface area contributed by atoms with Gasteiger partial charge in [-0.3, -0.25) is 24.0 Å². The molecule has 0 aliphatic carbocycles. The van der Waals surface area contributed by atoms with Crippen LogP contribution in [0.2, 0.25) is 5.04 Å². The number of aliphatic hydroxyl groups is 2. The fourth-order valence-corrected chi connectivity index (χ4v) is 11.6. The molecule has 55 heavy (non-hydrogen) atoms. The Morgan fingerprint density at radius 2 is 1.16 bits per heavy atom. The molecule has 0 unspecified atom stereocenters. The minimum atomic E-state index is -3.25. The molecule has 2 aliphatic heterocycles. The summed E-state index contributed by atoms with van der Waals surface area (Å²) in [6.45, 7) is 11.0. The second kappa shape index (κ2) is 18.6. The molecule has 0 bridgehead atoms. The second-order valence-electron chi connectivity index (χ2n) is 14.4. The molecule has 2 aromatic rings. The lowest BCUT2D eigenvalue weighted by Gasteiger charge is -2.49. The number of carbonyl (C=O) groups excluding carboxylic acids is 5. The Morgan fingerprint density at radius 1 is 0.673 bits per heavy atom. The molecule has 16 nitrogen and oxygen atoms in total. The first-order valence-electron chi connectivity index (χ1n) is 17.8. The number of rotatable bonds is 13. The zero-order valence-electron chi connectivity index (χ0n) is 32.2. The summed E-state index contributed by atoms with van der Waals surface area (Å²) in [6, 6.07) is 17.9. The predicted octanol–water partition coefficient (Wildman–Crippen LogP) is 0.614. The SMILES string of the molecule is CC(=O)N[C@@H]1[C@@H](O)[C@H](O[C@@H]2O[C@H](COC(C)=O)[C@H](OC(C)=O)[C@H](OC(C)=O)[C@H]2OC(C)=O)[C@@H](CO[Si](c2ccccc2)(c2ccccc2)C(C)(C)C)O[C@H]1O. The van der Waals surface area contributed by atoms with Gasteiger partial charge in [0, 0.05) is 34.6 Å². The van der Waals surface area contributed by atoms with E-state index in [4.69, 9.17) is 37.6 Å². The van der Waals surface area contributed by atoms with Gasteiger partial charge in [-0.2, -0.15) is 0 Å². The van der Waals surface area contributed by atoms with Gasteiger partial charge in [0.15, 0.2) is 30.9 Å². The molecule has 0 radical (unpaired) electrons. The molecule has 2 aromatic carbocycles. The summed E-state index contributed by atoms with van der Waals surface area (Å²) in [5.41, 5.74) is 0. The highest BCUT2D eigenvalue weighted by Crippen LogP contribution is 2.38. The molecule has 0 aromatic heterocycles. The van der Waals surface area contributed by atoms with E-state index >= 15 is 0 Å². The maximum Gasteiger partial charge on any atom is 0.303 e. The van der Waals surface area contributed by atoms with E-state index in [2.05, 4.69) is 26.1 Å². The van der Waals surface area contributed by atoms with E-state index in [1.54, 1.807) is 0 Å². The Labute approximate surface area is 320 Å². The lowest BCUT2D eigenvalue weighted by Crippen LogP contribution is -2.70. The summed E-state index contributed by atoms with van der Waals surface area (Å²) in [7, 11) is -3.25. The smallest absolute Gasteiger partial charge is 0.303 e.